The van der Waals surface area contributed by atoms with Gasteiger partial charge >= 0.3 is 0 Å². The molecule has 0 radical (unpaired) electrons. The van der Waals surface area contributed by atoms with E-state index in [9.17, 15) is 10.1 Å². The van der Waals surface area contributed by atoms with Crippen LogP contribution in [0.1, 0.15) is 0 Å². The van der Waals surface area contributed by atoms with Crippen LogP contribution in [0.2, 0.25) is 10.0 Å². The van der Waals surface area contributed by atoms with Crippen LogP contribution in [0.5, 0.6) is 0 Å². The maximum Gasteiger partial charge on any atom is 0.272 e. The fourth-order valence-electron chi connectivity index (χ4n) is 1.66. The normalized spacial score (nSPS) is 10.6. The first-order valence-electron chi connectivity index (χ1n) is 5.93. The van der Waals surface area contributed by atoms with Crippen molar-refractivity contribution in [3.63, 3.8) is 0 Å². The van der Waals surface area contributed by atoms with Gasteiger partial charge in [-0.25, -0.2) is 0 Å². The molecule has 0 aliphatic rings. The standard InChI is InChI=1S/C12H12Cl2N4O3/c1-21-3-2-17-7-8(6-15-17)16-12-10(13)4-9(18(19)20)5-11(12)14/h4-7,16H,2-3H2,1H3. The van der Waals surface area contributed by atoms with E-state index in [0.717, 1.165) is 0 Å². The number of benzene rings is 1. The molecule has 1 heterocycles. The van der Waals surface area contributed by atoms with Gasteiger partial charge in [0, 0.05) is 25.4 Å². The summed E-state index contributed by atoms with van der Waals surface area (Å²) in [5.41, 5.74) is 0.908. The third-order valence-electron chi connectivity index (χ3n) is 2.66. The molecule has 21 heavy (non-hydrogen) atoms. The fourth-order valence-corrected chi connectivity index (χ4v) is 2.23. The summed E-state index contributed by atoms with van der Waals surface area (Å²) >= 11 is 12.0. The monoisotopic (exact) mass is 330 g/mol. The Balaban J connectivity index is 2.19. The van der Waals surface area contributed by atoms with Gasteiger partial charge in [0.25, 0.3) is 5.69 Å². The molecule has 2 rings (SSSR count). The third-order valence-corrected chi connectivity index (χ3v) is 3.26. The number of halogens is 2. The second-order valence-corrected chi connectivity index (χ2v) is 4.97. The molecule has 0 fully saturated rings. The minimum absolute atomic E-state index is 0.161. The largest absolute Gasteiger partial charge is 0.383 e. The molecule has 7 nitrogen and oxygen atoms in total. The SMILES string of the molecule is COCCn1cc(Nc2c(Cl)cc([N+](=O)[O-])cc2Cl)cn1. The first kappa shape index (κ1) is 15.6. The van der Waals surface area contributed by atoms with E-state index < -0.39 is 4.92 Å². The Morgan fingerprint density at radius 1 is 1.43 bits per heavy atom. The maximum atomic E-state index is 10.7. The number of ether oxygens (including phenoxy) is 1. The molecule has 0 aliphatic carbocycles. The average Bonchev–Trinajstić information content (AvgIpc) is 2.88. The van der Waals surface area contributed by atoms with Crippen molar-refractivity contribution < 1.29 is 9.66 Å². The van der Waals surface area contributed by atoms with E-state index >= 15 is 0 Å². The number of rotatable bonds is 6. The summed E-state index contributed by atoms with van der Waals surface area (Å²) in [6.07, 6.45) is 3.36. The Hall–Kier alpha value is -1.83. The van der Waals surface area contributed by atoms with Crippen molar-refractivity contribution in [2.24, 2.45) is 0 Å². The minimum Gasteiger partial charge on any atom is -0.383 e. The van der Waals surface area contributed by atoms with Crippen LogP contribution in [0.25, 0.3) is 0 Å². The topological polar surface area (TPSA) is 82.2 Å². The van der Waals surface area contributed by atoms with Gasteiger partial charge in [-0.3, -0.25) is 14.8 Å². The molecule has 112 valence electrons. The molecule has 0 bridgehead atoms. The summed E-state index contributed by atoms with van der Waals surface area (Å²) in [4.78, 5) is 10.2. The molecule has 0 unspecified atom stereocenters. The van der Waals surface area contributed by atoms with Crippen LogP contribution >= 0.6 is 23.2 Å². The maximum absolute atomic E-state index is 10.7. The van der Waals surface area contributed by atoms with Crippen LogP contribution in [0, 0.1) is 10.1 Å². The third kappa shape index (κ3) is 3.84. The molecule has 0 spiro atoms. The van der Waals surface area contributed by atoms with Crippen molar-refractivity contribution in [2.45, 2.75) is 6.54 Å². The van der Waals surface area contributed by atoms with Gasteiger partial charge in [0.05, 0.1) is 45.7 Å². The van der Waals surface area contributed by atoms with Crippen LogP contribution in [0.15, 0.2) is 24.5 Å². The van der Waals surface area contributed by atoms with Crippen LogP contribution in [0.4, 0.5) is 17.1 Å². The van der Waals surface area contributed by atoms with Gasteiger partial charge in [-0.2, -0.15) is 5.10 Å². The molecule has 1 N–H and O–H groups in total. The van der Waals surface area contributed by atoms with E-state index in [4.69, 9.17) is 27.9 Å². The lowest BCUT2D eigenvalue weighted by molar-refractivity contribution is -0.384. The molecule has 0 saturated heterocycles. The molecule has 9 heteroatoms. The second-order valence-electron chi connectivity index (χ2n) is 4.15. The number of hydrogen-bond acceptors (Lipinski definition) is 5. The Morgan fingerprint density at radius 2 is 2.10 bits per heavy atom. The van der Waals surface area contributed by atoms with E-state index in [2.05, 4.69) is 10.4 Å². The molecule has 0 amide bonds. The van der Waals surface area contributed by atoms with E-state index in [1.54, 1.807) is 24.2 Å². The summed E-state index contributed by atoms with van der Waals surface area (Å²) in [6.45, 7) is 1.15. The molecule has 1 aromatic carbocycles. The summed E-state index contributed by atoms with van der Waals surface area (Å²) in [6, 6.07) is 2.48. The van der Waals surface area contributed by atoms with E-state index in [-0.39, 0.29) is 15.7 Å². The molecule has 0 atom stereocenters. The zero-order valence-corrected chi connectivity index (χ0v) is 12.6. The van der Waals surface area contributed by atoms with Crippen LogP contribution < -0.4 is 5.32 Å². The van der Waals surface area contributed by atoms with Gasteiger partial charge < -0.3 is 10.1 Å². The first-order valence-corrected chi connectivity index (χ1v) is 6.68. The van der Waals surface area contributed by atoms with Gasteiger partial charge in [0.2, 0.25) is 0 Å². The highest BCUT2D eigenvalue weighted by atomic mass is 35.5. The number of nitro benzene ring substituents is 1. The van der Waals surface area contributed by atoms with Crippen molar-refractivity contribution in [3.05, 3.63) is 44.7 Å². The van der Waals surface area contributed by atoms with E-state index in [1.807, 2.05) is 0 Å². The van der Waals surface area contributed by atoms with Crippen LogP contribution in [-0.2, 0) is 11.3 Å². The van der Waals surface area contributed by atoms with E-state index in [0.29, 0.717) is 24.5 Å². The van der Waals surface area contributed by atoms with E-state index in [1.165, 1.54) is 12.1 Å². The predicted octanol–water partition coefficient (Wildman–Crippen LogP) is 3.49. The number of methoxy groups -OCH3 is 1. The highest BCUT2D eigenvalue weighted by molar-refractivity contribution is 6.39. The highest BCUT2D eigenvalue weighted by Gasteiger charge is 2.15. The lowest BCUT2D eigenvalue weighted by atomic mass is 10.2. The summed E-state index contributed by atoms with van der Waals surface area (Å²) in [5.74, 6) is 0. The first-order chi connectivity index (χ1) is 10.0. The molecular formula is C12H12Cl2N4O3. The zero-order chi connectivity index (χ0) is 15.4. The number of anilines is 2. The van der Waals surface area contributed by atoms with Crippen molar-refractivity contribution in [1.82, 2.24) is 9.78 Å². The molecule has 2 aromatic rings. The number of non-ortho nitro benzene ring substituents is 1. The van der Waals surface area contributed by atoms with Crippen LogP contribution in [-0.4, -0.2) is 28.4 Å². The summed E-state index contributed by atoms with van der Waals surface area (Å²) in [5, 5.41) is 18.2. The molecule has 0 aliphatic heterocycles. The zero-order valence-electron chi connectivity index (χ0n) is 11.0. The van der Waals surface area contributed by atoms with Crippen LogP contribution in [0.3, 0.4) is 0 Å². The molecule has 0 saturated carbocycles. The minimum atomic E-state index is -0.551. The number of aromatic nitrogens is 2. The van der Waals surface area contributed by atoms with Gasteiger partial charge in [0.1, 0.15) is 0 Å². The molecular weight excluding hydrogens is 319 g/mol. The van der Waals surface area contributed by atoms with Crippen molar-refractivity contribution in [1.29, 1.82) is 0 Å². The van der Waals surface area contributed by atoms with Gasteiger partial charge in [-0.05, 0) is 0 Å². The number of nitro groups is 1. The van der Waals surface area contributed by atoms with Crippen molar-refractivity contribution in [2.75, 3.05) is 19.0 Å². The van der Waals surface area contributed by atoms with Crippen molar-refractivity contribution >= 4 is 40.3 Å². The second kappa shape index (κ2) is 6.75. The quantitative estimate of drug-likeness (QED) is 0.647. The van der Waals surface area contributed by atoms with Gasteiger partial charge in [0.15, 0.2) is 0 Å². The predicted molar refractivity (Wildman–Crippen MR) is 80.5 cm³/mol. The number of nitrogens with one attached hydrogen (secondary N) is 1. The van der Waals surface area contributed by atoms with Crippen molar-refractivity contribution in [3.8, 4) is 0 Å². The number of nitrogens with zero attached hydrogens (tertiary/aromatic N) is 3. The summed E-state index contributed by atoms with van der Waals surface area (Å²) < 4.78 is 6.65. The average molecular weight is 331 g/mol. The fraction of sp³-hybridized carbons (Fsp3) is 0.250. The Bertz CT molecular complexity index is 637. The van der Waals surface area contributed by atoms with Gasteiger partial charge in [-0.15, -0.1) is 0 Å². The lowest BCUT2D eigenvalue weighted by Crippen LogP contribution is -2.03. The van der Waals surface area contributed by atoms with Gasteiger partial charge in [-0.1, -0.05) is 23.2 Å². The highest BCUT2D eigenvalue weighted by Crippen LogP contribution is 2.36. The Morgan fingerprint density at radius 3 is 2.67 bits per heavy atom. The summed E-state index contributed by atoms with van der Waals surface area (Å²) in [7, 11) is 1.61. The Kier molecular flexibility index (Phi) is 5.00. The Labute approximate surface area is 130 Å². The smallest absolute Gasteiger partial charge is 0.272 e. The molecule has 1 aromatic heterocycles. The lowest BCUT2D eigenvalue weighted by Gasteiger charge is -2.08. The number of hydrogen-bond donors (Lipinski definition) is 1.